The molecule has 0 radical (unpaired) electrons. The maximum atomic E-state index is 5.48. The van der Waals surface area contributed by atoms with E-state index in [9.17, 15) is 0 Å². The van der Waals surface area contributed by atoms with Crippen molar-refractivity contribution in [2.45, 2.75) is 40.0 Å². The molecule has 0 aromatic rings. The summed E-state index contributed by atoms with van der Waals surface area (Å²) >= 11 is 0. The predicted octanol–water partition coefficient (Wildman–Crippen LogP) is 1.85. The average molecular weight is 141 g/mol. The van der Waals surface area contributed by atoms with Crippen LogP contribution in [0.2, 0.25) is 0 Å². The molecule has 0 amide bonds. The standard InChI is InChI=1S/C8H15NO/c1-5-6(2)9-8(4)10-7(5)3/h5,7-8H,1-4H3/t5-,7-,8+/m0/s1. The van der Waals surface area contributed by atoms with Crippen LogP contribution in [0, 0.1) is 5.92 Å². The minimum atomic E-state index is 0.0613. The van der Waals surface area contributed by atoms with E-state index in [1.165, 1.54) is 5.71 Å². The van der Waals surface area contributed by atoms with Gasteiger partial charge in [0.15, 0.2) is 0 Å². The normalized spacial score (nSPS) is 41.2. The van der Waals surface area contributed by atoms with Crippen LogP contribution < -0.4 is 0 Å². The van der Waals surface area contributed by atoms with Gasteiger partial charge in [-0.3, -0.25) is 4.99 Å². The summed E-state index contributed by atoms with van der Waals surface area (Å²) in [5.74, 6) is 0.483. The molecule has 0 saturated heterocycles. The molecule has 0 saturated carbocycles. The summed E-state index contributed by atoms with van der Waals surface area (Å²) in [4.78, 5) is 4.31. The molecule has 0 bridgehead atoms. The first-order chi connectivity index (χ1) is 4.61. The van der Waals surface area contributed by atoms with Gasteiger partial charge in [0.25, 0.3) is 0 Å². The summed E-state index contributed by atoms with van der Waals surface area (Å²) in [6.45, 7) is 8.29. The van der Waals surface area contributed by atoms with Gasteiger partial charge in [0.05, 0.1) is 6.10 Å². The zero-order chi connectivity index (χ0) is 7.72. The van der Waals surface area contributed by atoms with E-state index in [2.05, 4.69) is 25.8 Å². The van der Waals surface area contributed by atoms with Crippen molar-refractivity contribution in [3.05, 3.63) is 0 Å². The largest absolute Gasteiger partial charge is 0.353 e. The molecule has 0 N–H and O–H groups in total. The Morgan fingerprint density at radius 1 is 1.30 bits per heavy atom. The van der Waals surface area contributed by atoms with Crippen molar-refractivity contribution < 1.29 is 4.74 Å². The van der Waals surface area contributed by atoms with Crippen LogP contribution in [0.15, 0.2) is 4.99 Å². The van der Waals surface area contributed by atoms with E-state index in [1.807, 2.05) is 6.92 Å². The Kier molecular flexibility index (Phi) is 2.09. The lowest BCUT2D eigenvalue weighted by atomic mass is 10.00. The minimum Gasteiger partial charge on any atom is -0.353 e. The molecule has 3 atom stereocenters. The van der Waals surface area contributed by atoms with E-state index in [-0.39, 0.29) is 6.23 Å². The Morgan fingerprint density at radius 2 is 1.90 bits per heavy atom. The molecule has 1 rings (SSSR count). The lowest BCUT2D eigenvalue weighted by Gasteiger charge is -2.28. The van der Waals surface area contributed by atoms with Crippen molar-refractivity contribution in [1.82, 2.24) is 0 Å². The summed E-state index contributed by atoms with van der Waals surface area (Å²) in [7, 11) is 0. The Bertz CT molecular complexity index is 153. The smallest absolute Gasteiger partial charge is 0.145 e. The Morgan fingerprint density at radius 3 is 2.40 bits per heavy atom. The van der Waals surface area contributed by atoms with Gasteiger partial charge >= 0.3 is 0 Å². The number of nitrogens with zero attached hydrogens (tertiary/aromatic N) is 1. The van der Waals surface area contributed by atoms with Crippen LogP contribution in [0.25, 0.3) is 0 Å². The van der Waals surface area contributed by atoms with Gasteiger partial charge in [0.1, 0.15) is 6.23 Å². The van der Waals surface area contributed by atoms with Crippen molar-refractivity contribution in [1.29, 1.82) is 0 Å². The zero-order valence-corrected chi connectivity index (χ0v) is 7.09. The van der Waals surface area contributed by atoms with Crippen LogP contribution >= 0.6 is 0 Å². The summed E-state index contributed by atoms with van der Waals surface area (Å²) in [5.41, 5.74) is 1.21. The maximum Gasteiger partial charge on any atom is 0.145 e. The van der Waals surface area contributed by atoms with Gasteiger partial charge in [-0.05, 0) is 20.8 Å². The van der Waals surface area contributed by atoms with Crippen molar-refractivity contribution in [2.75, 3.05) is 0 Å². The average Bonchev–Trinajstić information content (AvgIpc) is 1.82. The van der Waals surface area contributed by atoms with E-state index in [1.54, 1.807) is 0 Å². The lowest BCUT2D eigenvalue weighted by molar-refractivity contribution is -0.0127. The number of hydrogen-bond acceptors (Lipinski definition) is 2. The molecule has 1 aliphatic rings. The highest BCUT2D eigenvalue weighted by Gasteiger charge is 2.22. The van der Waals surface area contributed by atoms with Gasteiger partial charge in [0.2, 0.25) is 0 Å². The van der Waals surface area contributed by atoms with Crippen molar-refractivity contribution in [2.24, 2.45) is 10.9 Å². The molecule has 2 heteroatoms. The molecular formula is C8H15NO. The fraction of sp³-hybridized carbons (Fsp3) is 0.875. The van der Waals surface area contributed by atoms with Crippen LogP contribution in [-0.4, -0.2) is 18.0 Å². The number of rotatable bonds is 0. The third-order valence-corrected chi connectivity index (χ3v) is 2.16. The van der Waals surface area contributed by atoms with E-state index >= 15 is 0 Å². The molecule has 10 heavy (non-hydrogen) atoms. The van der Waals surface area contributed by atoms with Crippen molar-refractivity contribution in [3.63, 3.8) is 0 Å². The highest BCUT2D eigenvalue weighted by Crippen LogP contribution is 2.17. The highest BCUT2D eigenvalue weighted by atomic mass is 16.5. The molecule has 58 valence electrons. The quantitative estimate of drug-likeness (QED) is 0.504. The number of hydrogen-bond donors (Lipinski definition) is 0. The summed E-state index contributed by atoms with van der Waals surface area (Å²) in [6.07, 6.45) is 0.388. The molecule has 0 spiro atoms. The van der Waals surface area contributed by atoms with Crippen LogP contribution in [0.4, 0.5) is 0 Å². The fourth-order valence-electron chi connectivity index (χ4n) is 1.20. The lowest BCUT2D eigenvalue weighted by Crippen LogP contribution is -2.32. The predicted molar refractivity (Wildman–Crippen MR) is 42.3 cm³/mol. The number of ether oxygens (including phenoxy) is 1. The first-order valence-corrected chi connectivity index (χ1v) is 3.81. The van der Waals surface area contributed by atoms with Gasteiger partial charge in [-0.2, -0.15) is 0 Å². The van der Waals surface area contributed by atoms with E-state index < -0.39 is 0 Å². The molecular weight excluding hydrogens is 126 g/mol. The topological polar surface area (TPSA) is 21.6 Å². The van der Waals surface area contributed by atoms with Crippen molar-refractivity contribution >= 4 is 5.71 Å². The summed E-state index contributed by atoms with van der Waals surface area (Å²) < 4.78 is 5.48. The summed E-state index contributed by atoms with van der Waals surface area (Å²) in [6, 6.07) is 0. The molecule has 1 heterocycles. The monoisotopic (exact) mass is 141 g/mol. The molecule has 0 aromatic carbocycles. The van der Waals surface area contributed by atoms with E-state index in [4.69, 9.17) is 4.74 Å². The van der Waals surface area contributed by atoms with Gasteiger partial charge in [-0.15, -0.1) is 0 Å². The molecule has 0 aliphatic carbocycles. The van der Waals surface area contributed by atoms with Gasteiger partial charge < -0.3 is 4.74 Å². The zero-order valence-electron chi connectivity index (χ0n) is 7.09. The molecule has 2 nitrogen and oxygen atoms in total. The maximum absolute atomic E-state index is 5.48. The second kappa shape index (κ2) is 2.70. The van der Waals surface area contributed by atoms with E-state index in [0.717, 1.165) is 0 Å². The molecule has 0 unspecified atom stereocenters. The Hall–Kier alpha value is -0.370. The van der Waals surface area contributed by atoms with Gasteiger partial charge in [-0.1, -0.05) is 6.92 Å². The van der Waals surface area contributed by atoms with Gasteiger partial charge in [0, 0.05) is 11.6 Å². The third-order valence-electron chi connectivity index (χ3n) is 2.16. The Labute approximate surface area is 62.3 Å². The SMILES string of the molecule is CC1=N[C@@H](C)O[C@@H](C)[C@H]1C. The van der Waals surface area contributed by atoms with E-state index in [0.29, 0.717) is 12.0 Å². The molecule has 0 fully saturated rings. The van der Waals surface area contributed by atoms with Crippen LogP contribution in [0.3, 0.4) is 0 Å². The highest BCUT2D eigenvalue weighted by molar-refractivity contribution is 5.85. The first kappa shape index (κ1) is 7.73. The van der Waals surface area contributed by atoms with Crippen LogP contribution in [0.5, 0.6) is 0 Å². The molecule has 0 aromatic heterocycles. The molecule has 1 aliphatic heterocycles. The van der Waals surface area contributed by atoms with Crippen LogP contribution in [0.1, 0.15) is 27.7 Å². The first-order valence-electron chi connectivity index (χ1n) is 3.81. The fourth-order valence-corrected chi connectivity index (χ4v) is 1.20. The third kappa shape index (κ3) is 1.37. The summed E-state index contributed by atoms with van der Waals surface area (Å²) in [5, 5.41) is 0. The van der Waals surface area contributed by atoms with Crippen molar-refractivity contribution in [3.8, 4) is 0 Å². The Balaban J connectivity index is 2.71. The number of aliphatic imine (C=N–C) groups is 1. The minimum absolute atomic E-state index is 0.0613. The second-order valence-corrected chi connectivity index (χ2v) is 3.00. The second-order valence-electron chi connectivity index (χ2n) is 3.00. The van der Waals surface area contributed by atoms with Gasteiger partial charge in [-0.25, -0.2) is 0 Å². The van der Waals surface area contributed by atoms with Crippen LogP contribution in [-0.2, 0) is 4.74 Å².